The molecule has 6 rings (SSSR count). The standard InChI is InChI=1S/2C18H23F3N4O2.C4H4O4/c2*1-23-18(27)24-8-10-2-3-25(16(10)9-24)17(26)6-12(22)4-11-5-14(20)15(21)7-13(11)19;5-3(6)1-2-4(7)8/h2*5,7,10,12,16H,2-4,6,8-9,22H2,1H3,(H,23,27);1-2H,(H,5,6)(H,7,8)/b;;2-1+/t2*10-,12+,16+;/m00./s1. The number of amides is 6. The summed E-state index contributed by atoms with van der Waals surface area (Å²) in [5.74, 6) is -8.94. The lowest BCUT2D eigenvalue weighted by atomic mass is 10.0. The molecule has 0 unspecified atom stereocenters. The van der Waals surface area contributed by atoms with Gasteiger partial charge in [0.2, 0.25) is 11.8 Å². The van der Waals surface area contributed by atoms with Crippen LogP contribution in [-0.2, 0) is 32.0 Å². The predicted octanol–water partition coefficient (Wildman–Crippen LogP) is 2.18. The number of hydrogen-bond acceptors (Lipinski definition) is 8. The molecule has 6 amide bonds. The van der Waals surface area contributed by atoms with Crippen LogP contribution in [0.15, 0.2) is 36.4 Å². The molecule has 22 heteroatoms. The summed E-state index contributed by atoms with van der Waals surface area (Å²) < 4.78 is 80.1. The molecule has 2 aromatic carbocycles. The van der Waals surface area contributed by atoms with Crippen molar-refractivity contribution < 1.29 is 65.3 Å². The van der Waals surface area contributed by atoms with Crippen molar-refractivity contribution in [1.82, 2.24) is 30.2 Å². The number of nitrogens with one attached hydrogen (secondary N) is 2. The zero-order chi connectivity index (χ0) is 46.0. The minimum atomic E-state index is -1.26. The Bertz CT molecular complexity index is 1890. The van der Waals surface area contributed by atoms with E-state index in [1.54, 1.807) is 33.7 Å². The molecule has 4 aliphatic heterocycles. The molecule has 0 radical (unpaired) electrons. The fourth-order valence-electron chi connectivity index (χ4n) is 8.17. The van der Waals surface area contributed by atoms with E-state index in [-0.39, 0.29) is 84.6 Å². The second-order valence-corrected chi connectivity index (χ2v) is 15.4. The van der Waals surface area contributed by atoms with Gasteiger partial charge < -0.3 is 51.9 Å². The highest BCUT2D eigenvalue weighted by molar-refractivity contribution is 5.89. The van der Waals surface area contributed by atoms with Gasteiger partial charge in [0.25, 0.3) is 0 Å². The van der Waals surface area contributed by atoms with Crippen LogP contribution in [0, 0.1) is 46.7 Å². The topological polar surface area (TPSA) is 232 Å². The Morgan fingerprint density at radius 1 is 0.613 bits per heavy atom. The third-order valence-corrected chi connectivity index (χ3v) is 11.1. The second kappa shape index (κ2) is 21.8. The Morgan fingerprint density at radius 2 is 0.952 bits per heavy atom. The molecule has 4 saturated heterocycles. The van der Waals surface area contributed by atoms with E-state index in [9.17, 15) is 55.1 Å². The van der Waals surface area contributed by atoms with E-state index >= 15 is 0 Å². The van der Waals surface area contributed by atoms with Crippen molar-refractivity contribution in [2.45, 2.75) is 62.7 Å². The van der Waals surface area contributed by atoms with E-state index in [0.29, 0.717) is 63.6 Å². The van der Waals surface area contributed by atoms with Crippen LogP contribution in [0.1, 0.15) is 36.8 Å². The van der Waals surface area contributed by atoms with Crippen LogP contribution < -0.4 is 22.1 Å². The van der Waals surface area contributed by atoms with Crippen molar-refractivity contribution in [2.24, 2.45) is 23.3 Å². The quantitative estimate of drug-likeness (QED) is 0.116. The van der Waals surface area contributed by atoms with E-state index in [4.69, 9.17) is 21.7 Å². The third kappa shape index (κ3) is 12.8. The number of carbonyl (C=O) groups is 6. The number of hydrogen-bond donors (Lipinski definition) is 6. The SMILES string of the molecule is CNC(=O)N1C[C@@H]2CCN(C(=O)C[C@H](N)Cc3cc(F)c(F)cc3F)[C@@H]2C1.CNC(=O)N1C[C@@H]2CCN(C(=O)C[C@H](N)Cc3cc(F)c(F)cc3F)[C@@H]2C1.O=C(O)/C=C/C(=O)O. The van der Waals surface area contributed by atoms with Crippen molar-refractivity contribution in [2.75, 3.05) is 53.4 Å². The number of aliphatic carboxylic acids is 2. The average Bonchev–Trinajstić information content (AvgIpc) is 4.00. The predicted molar refractivity (Wildman–Crippen MR) is 209 cm³/mol. The molecule has 16 nitrogen and oxygen atoms in total. The van der Waals surface area contributed by atoms with Crippen molar-refractivity contribution >= 4 is 35.8 Å². The van der Waals surface area contributed by atoms with Crippen molar-refractivity contribution in [3.05, 3.63) is 82.4 Å². The highest BCUT2D eigenvalue weighted by Gasteiger charge is 2.46. The van der Waals surface area contributed by atoms with Gasteiger partial charge in [-0.25, -0.2) is 45.5 Å². The van der Waals surface area contributed by atoms with Crippen LogP contribution >= 0.6 is 0 Å². The van der Waals surface area contributed by atoms with Crippen LogP contribution in [0.3, 0.4) is 0 Å². The van der Waals surface area contributed by atoms with Gasteiger partial charge in [-0.2, -0.15) is 0 Å². The molecule has 2 aromatic rings. The number of rotatable bonds is 10. The van der Waals surface area contributed by atoms with Gasteiger partial charge in [-0.3, -0.25) is 9.59 Å². The summed E-state index contributed by atoms with van der Waals surface area (Å²) >= 11 is 0. The van der Waals surface area contributed by atoms with Crippen LogP contribution in [0.4, 0.5) is 35.9 Å². The number of halogens is 6. The molecular formula is C40H50F6N8O8. The molecule has 0 bridgehead atoms. The Balaban J connectivity index is 0.000000232. The highest BCUT2D eigenvalue weighted by atomic mass is 19.2. The molecule has 62 heavy (non-hydrogen) atoms. The Hall–Kier alpha value is -5.90. The zero-order valence-corrected chi connectivity index (χ0v) is 34.0. The molecule has 0 aromatic heterocycles. The molecule has 0 aliphatic carbocycles. The number of benzene rings is 2. The second-order valence-electron chi connectivity index (χ2n) is 15.4. The number of fused-ring (bicyclic) bond motifs is 2. The van der Waals surface area contributed by atoms with E-state index in [1.165, 1.54) is 0 Å². The van der Waals surface area contributed by atoms with Crippen LogP contribution in [0.25, 0.3) is 0 Å². The summed E-state index contributed by atoms with van der Waals surface area (Å²) in [4.78, 5) is 74.8. The number of carbonyl (C=O) groups excluding carboxylic acids is 4. The Labute approximate surface area is 352 Å². The van der Waals surface area contributed by atoms with Crippen LogP contribution in [0.5, 0.6) is 0 Å². The van der Waals surface area contributed by atoms with Gasteiger partial charge in [-0.1, -0.05) is 0 Å². The molecular weight excluding hydrogens is 834 g/mol. The summed E-state index contributed by atoms with van der Waals surface area (Å²) in [5.41, 5.74) is 11.8. The molecule has 4 fully saturated rings. The van der Waals surface area contributed by atoms with Gasteiger partial charge in [-0.15, -0.1) is 0 Å². The van der Waals surface area contributed by atoms with E-state index in [0.717, 1.165) is 25.0 Å². The van der Waals surface area contributed by atoms with Gasteiger partial charge in [-0.05, 0) is 48.9 Å². The van der Waals surface area contributed by atoms with E-state index < -0.39 is 58.9 Å². The lowest BCUT2D eigenvalue weighted by Crippen LogP contribution is -2.44. The van der Waals surface area contributed by atoms with Crippen molar-refractivity contribution in [3.63, 3.8) is 0 Å². The van der Waals surface area contributed by atoms with E-state index in [1.807, 2.05) is 0 Å². The van der Waals surface area contributed by atoms with Crippen LogP contribution in [0.2, 0.25) is 0 Å². The first-order chi connectivity index (χ1) is 29.2. The minimum absolute atomic E-state index is 0.0262. The fraction of sp³-hybridized carbons (Fsp3) is 0.500. The number of likely N-dealkylation sites (tertiary alicyclic amines) is 4. The molecule has 0 spiro atoms. The van der Waals surface area contributed by atoms with Crippen molar-refractivity contribution in [1.29, 1.82) is 0 Å². The smallest absolute Gasteiger partial charge is 0.328 e. The zero-order valence-electron chi connectivity index (χ0n) is 34.0. The lowest BCUT2D eigenvalue weighted by Gasteiger charge is -2.26. The highest BCUT2D eigenvalue weighted by Crippen LogP contribution is 2.33. The fourth-order valence-corrected chi connectivity index (χ4v) is 8.17. The Morgan fingerprint density at radius 3 is 1.27 bits per heavy atom. The summed E-state index contributed by atoms with van der Waals surface area (Å²) in [5, 5.41) is 20.8. The minimum Gasteiger partial charge on any atom is -0.478 e. The normalized spacial score (nSPS) is 21.0. The number of nitrogens with two attached hydrogens (primary N) is 2. The maximum atomic E-state index is 13.8. The summed E-state index contributed by atoms with van der Waals surface area (Å²) in [7, 11) is 3.13. The van der Waals surface area contributed by atoms with Gasteiger partial charge >= 0.3 is 24.0 Å². The van der Waals surface area contributed by atoms with Gasteiger partial charge in [0, 0.05) is 114 Å². The molecule has 4 aliphatic rings. The first-order valence-electron chi connectivity index (χ1n) is 19.7. The molecule has 340 valence electrons. The lowest BCUT2D eigenvalue weighted by molar-refractivity contribution is -0.134. The number of nitrogens with zero attached hydrogens (tertiary/aromatic N) is 4. The molecule has 4 heterocycles. The third-order valence-electron chi connectivity index (χ3n) is 11.1. The maximum Gasteiger partial charge on any atom is 0.328 e. The van der Waals surface area contributed by atoms with Crippen molar-refractivity contribution in [3.8, 4) is 0 Å². The first kappa shape index (κ1) is 48.8. The number of carboxylic acid groups (broad SMARTS) is 2. The number of urea groups is 2. The largest absolute Gasteiger partial charge is 0.478 e. The molecule has 6 atom stereocenters. The first-order valence-corrected chi connectivity index (χ1v) is 19.7. The van der Waals surface area contributed by atoms with Crippen LogP contribution in [-0.4, -0.2) is 143 Å². The Kier molecular flexibility index (Phi) is 17.1. The van der Waals surface area contributed by atoms with E-state index in [2.05, 4.69) is 10.6 Å². The molecule has 8 N–H and O–H groups in total. The van der Waals surface area contributed by atoms with Gasteiger partial charge in [0.05, 0.1) is 12.1 Å². The number of carboxylic acids is 2. The average molecular weight is 885 g/mol. The molecule has 0 saturated carbocycles. The maximum absolute atomic E-state index is 13.8. The monoisotopic (exact) mass is 884 g/mol. The van der Waals surface area contributed by atoms with Gasteiger partial charge in [0.1, 0.15) is 11.6 Å². The summed E-state index contributed by atoms with van der Waals surface area (Å²) in [6.45, 7) is 3.37. The van der Waals surface area contributed by atoms with Gasteiger partial charge in [0.15, 0.2) is 23.3 Å². The summed E-state index contributed by atoms with van der Waals surface area (Å²) in [6, 6.07) is 0.679. The summed E-state index contributed by atoms with van der Waals surface area (Å²) in [6.07, 6.45) is 2.56.